The Morgan fingerprint density at radius 3 is 2.89 bits per heavy atom. The van der Waals surface area contributed by atoms with Crippen LogP contribution >= 0.6 is 11.6 Å². The number of amidine groups is 1. The van der Waals surface area contributed by atoms with Crippen molar-refractivity contribution in [2.24, 2.45) is 10.1 Å². The van der Waals surface area contributed by atoms with E-state index in [9.17, 15) is 9.60 Å². The molecule has 6 nitrogen and oxygen atoms in total. The molecule has 0 amide bonds. The smallest absolute Gasteiger partial charge is 0.141 e. The molecular formula is C20H20ClFN4O2. The summed E-state index contributed by atoms with van der Waals surface area (Å²) >= 11 is 5.87. The van der Waals surface area contributed by atoms with E-state index >= 15 is 0 Å². The number of aliphatic imine (C=N–C) groups is 1. The van der Waals surface area contributed by atoms with Gasteiger partial charge in [0.05, 0.1) is 16.8 Å². The van der Waals surface area contributed by atoms with E-state index in [1.54, 1.807) is 18.3 Å². The highest BCUT2D eigenvalue weighted by molar-refractivity contribution is 6.30. The molecule has 1 aromatic carbocycles. The molecule has 0 spiro atoms. The number of fused-ring (bicyclic) bond motifs is 1. The van der Waals surface area contributed by atoms with Gasteiger partial charge in [-0.05, 0) is 36.6 Å². The van der Waals surface area contributed by atoms with Crippen LogP contribution in [0.5, 0.6) is 0 Å². The molecule has 3 heterocycles. The fourth-order valence-corrected chi connectivity index (χ4v) is 3.74. The van der Waals surface area contributed by atoms with Crippen molar-refractivity contribution in [3.8, 4) is 0 Å². The first kappa shape index (κ1) is 18.8. The summed E-state index contributed by atoms with van der Waals surface area (Å²) in [6.07, 6.45) is 4.41. The molecule has 0 radical (unpaired) electrons. The number of ether oxygens (including phenoxy) is 1. The van der Waals surface area contributed by atoms with Gasteiger partial charge in [0, 0.05) is 43.4 Å². The normalized spacial score (nSPS) is 18.9. The molecule has 1 aromatic heterocycles. The molecule has 0 saturated carbocycles. The van der Waals surface area contributed by atoms with Gasteiger partial charge in [-0.2, -0.15) is 0 Å². The van der Waals surface area contributed by atoms with E-state index in [1.807, 2.05) is 6.07 Å². The van der Waals surface area contributed by atoms with E-state index in [2.05, 4.69) is 15.5 Å². The number of aromatic nitrogens is 1. The Hall–Kier alpha value is -2.51. The Balaban J connectivity index is 1.57. The zero-order chi connectivity index (χ0) is 19.5. The number of nitrogens with zero attached hydrogens (tertiary/aromatic N) is 3. The minimum absolute atomic E-state index is 0.0438. The molecule has 2 N–H and O–H groups in total. The number of rotatable bonds is 4. The maximum absolute atomic E-state index is 13.4. The van der Waals surface area contributed by atoms with Crippen LogP contribution < -0.4 is 5.32 Å². The van der Waals surface area contributed by atoms with Crippen molar-refractivity contribution >= 4 is 29.0 Å². The highest BCUT2D eigenvalue weighted by Gasteiger charge is 2.25. The summed E-state index contributed by atoms with van der Waals surface area (Å²) in [6.45, 7) is 1.47. The maximum Gasteiger partial charge on any atom is 0.141 e. The lowest BCUT2D eigenvalue weighted by atomic mass is 9.98. The van der Waals surface area contributed by atoms with E-state index in [0.29, 0.717) is 18.6 Å². The Morgan fingerprint density at radius 1 is 1.32 bits per heavy atom. The van der Waals surface area contributed by atoms with Crippen molar-refractivity contribution in [2.45, 2.75) is 31.7 Å². The van der Waals surface area contributed by atoms with Gasteiger partial charge >= 0.3 is 0 Å². The van der Waals surface area contributed by atoms with Crippen LogP contribution in [0.3, 0.4) is 0 Å². The molecule has 0 atom stereocenters. The second kappa shape index (κ2) is 8.24. The predicted molar refractivity (Wildman–Crippen MR) is 106 cm³/mol. The van der Waals surface area contributed by atoms with Crippen LogP contribution in [0.2, 0.25) is 5.02 Å². The number of hydrogen-bond donors (Lipinski definition) is 2. The number of anilines is 1. The molecule has 4 rings (SSSR count). The third-order valence-corrected chi connectivity index (χ3v) is 5.27. The largest absolute Gasteiger partial charge is 0.411 e. The SMILES string of the molecule is O/N=C(\Cc1ccc(F)c(Cl)c1)c1ccnc2c1CC(=NC1CCOCC1)N2. The van der Waals surface area contributed by atoms with Gasteiger partial charge in [-0.25, -0.2) is 9.37 Å². The van der Waals surface area contributed by atoms with Gasteiger partial charge in [0.1, 0.15) is 17.5 Å². The second-order valence-corrected chi connectivity index (χ2v) is 7.29. The average molecular weight is 403 g/mol. The molecule has 2 aromatic rings. The lowest BCUT2D eigenvalue weighted by Crippen LogP contribution is -2.21. The molecule has 28 heavy (non-hydrogen) atoms. The van der Waals surface area contributed by atoms with Gasteiger partial charge in [-0.15, -0.1) is 0 Å². The van der Waals surface area contributed by atoms with Gasteiger partial charge < -0.3 is 15.3 Å². The second-order valence-electron chi connectivity index (χ2n) is 6.88. The minimum atomic E-state index is -0.476. The van der Waals surface area contributed by atoms with Crippen LogP contribution in [0.4, 0.5) is 10.2 Å². The summed E-state index contributed by atoms with van der Waals surface area (Å²) in [6, 6.07) is 6.55. The highest BCUT2D eigenvalue weighted by atomic mass is 35.5. The van der Waals surface area contributed by atoms with E-state index in [0.717, 1.165) is 54.4 Å². The van der Waals surface area contributed by atoms with Crippen molar-refractivity contribution in [1.29, 1.82) is 0 Å². The zero-order valence-electron chi connectivity index (χ0n) is 15.2. The Bertz CT molecular complexity index is 942. The first-order chi connectivity index (χ1) is 13.6. The van der Waals surface area contributed by atoms with Gasteiger partial charge in [-0.1, -0.05) is 22.8 Å². The quantitative estimate of drug-likeness (QED) is 0.462. The minimum Gasteiger partial charge on any atom is -0.411 e. The van der Waals surface area contributed by atoms with Crippen molar-refractivity contribution in [2.75, 3.05) is 18.5 Å². The first-order valence-corrected chi connectivity index (χ1v) is 9.56. The van der Waals surface area contributed by atoms with Crippen LogP contribution in [-0.2, 0) is 17.6 Å². The van der Waals surface area contributed by atoms with Crippen LogP contribution in [0, 0.1) is 5.82 Å². The number of oxime groups is 1. The summed E-state index contributed by atoms with van der Waals surface area (Å²) in [5, 5.41) is 16.4. The fraction of sp³-hybridized carbons (Fsp3) is 0.350. The molecule has 146 valence electrons. The summed E-state index contributed by atoms with van der Waals surface area (Å²) in [5.41, 5.74) is 2.95. The van der Waals surface area contributed by atoms with Crippen molar-refractivity contribution in [3.05, 3.63) is 58.0 Å². The molecule has 2 aliphatic heterocycles. The molecule has 0 bridgehead atoms. The van der Waals surface area contributed by atoms with E-state index < -0.39 is 5.82 Å². The van der Waals surface area contributed by atoms with Gasteiger partial charge in [0.2, 0.25) is 0 Å². The van der Waals surface area contributed by atoms with Crippen LogP contribution in [0.1, 0.15) is 29.5 Å². The zero-order valence-corrected chi connectivity index (χ0v) is 15.9. The number of benzene rings is 1. The van der Waals surface area contributed by atoms with Gasteiger partial charge in [-0.3, -0.25) is 4.99 Å². The van der Waals surface area contributed by atoms with Crippen LogP contribution in [0.25, 0.3) is 0 Å². The monoisotopic (exact) mass is 402 g/mol. The summed E-state index contributed by atoms with van der Waals surface area (Å²) in [5.74, 6) is 1.11. The summed E-state index contributed by atoms with van der Waals surface area (Å²) < 4.78 is 18.8. The molecular weight excluding hydrogens is 383 g/mol. The average Bonchev–Trinajstić information content (AvgIpc) is 3.12. The van der Waals surface area contributed by atoms with Gasteiger partial charge in [0.25, 0.3) is 0 Å². The lowest BCUT2D eigenvalue weighted by Gasteiger charge is -2.18. The number of halogens is 2. The van der Waals surface area contributed by atoms with E-state index in [1.165, 1.54) is 6.07 Å². The number of nitrogens with one attached hydrogen (secondary N) is 1. The highest BCUT2D eigenvalue weighted by Crippen LogP contribution is 2.27. The topological polar surface area (TPSA) is 79.1 Å². The Kier molecular flexibility index (Phi) is 5.54. The number of hydrogen-bond acceptors (Lipinski definition) is 5. The maximum atomic E-state index is 13.4. The predicted octanol–water partition coefficient (Wildman–Crippen LogP) is 3.84. The molecule has 0 unspecified atom stereocenters. The lowest BCUT2D eigenvalue weighted by molar-refractivity contribution is 0.0871. The Labute approximate surface area is 167 Å². The standard InChI is InChI=1S/C20H20ClFN4O2/c21-16-9-12(1-2-17(16)22)10-18(26-27)14-3-6-23-20-15(14)11-19(25-20)24-13-4-7-28-8-5-13/h1-3,6,9,13,27H,4-5,7-8,10-11H2,(H,23,24,25)/b26-18+. The van der Waals surface area contributed by atoms with Crippen molar-refractivity contribution < 1.29 is 14.3 Å². The molecule has 2 aliphatic rings. The number of pyridine rings is 1. The summed E-state index contributed by atoms with van der Waals surface area (Å²) in [7, 11) is 0. The van der Waals surface area contributed by atoms with Crippen molar-refractivity contribution in [1.82, 2.24) is 4.98 Å². The first-order valence-electron chi connectivity index (χ1n) is 9.18. The van der Waals surface area contributed by atoms with Crippen molar-refractivity contribution in [3.63, 3.8) is 0 Å². The van der Waals surface area contributed by atoms with Crippen LogP contribution in [-0.4, -0.2) is 41.0 Å². The molecule has 0 aliphatic carbocycles. The van der Waals surface area contributed by atoms with Gasteiger partial charge in [0.15, 0.2) is 0 Å². The third-order valence-electron chi connectivity index (χ3n) is 4.98. The molecule has 1 saturated heterocycles. The fourth-order valence-electron chi connectivity index (χ4n) is 3.54. The summed E-state index contributed by atoms with van der Waals surface area (Å²) in [4.78, 5) is 9.19. The molecule has 1 fully saturated rings. The van der Waals surface area contributed by atoms with Crippen LogP contribution in [0.15, 0.2) is 40.6 Å². The third kappa shape index (κ3) is 4.00. The van der Waals surface area contributed by atoms with E-state index in [-0.39, 0.29) is 11.1 Å². The molecule has 8 heteroatoms. The van der Waals surface area contributed by atoms with E-state index in [4.69, 9.17) is 21.3 Å². The Morgan fingerprint density at radius 2 is 2.14 bits per heavy atom.